The molecule has 0 aromatic rings. The van der Waals surface area contributed by atoms with Crippen molar-refractivity contribution in [3.05, 3.63) is 0 Å². The molecule has 0 fully saturated rings. The molecule has 0 atom stereocenters. The molecule has 0 aromatic carbocycles. The van der Waals surface area contributed by atoms with Gasteiger partial charge in [-0.15, -0.1) is 0 Å². The van der Waals surface area contributed by atoms with E-state index >= 15 is 0 Å². The smallest absolute Gasteiger partial charge is 0.305 e. The second-order valence-electron chi connectivity index (χ2n) is 3.84. The molecule has 0 aliphatic heterocycles. The fraction of sp³-hybridized carbons (Fsp3) is 0.923. The Bertz CT molecular complexity index is 171. The highest BCUT2D eigenvalue weighted by atomic mass is 16.6. The number of unbranched alkanes of at least 4 members (excludes halogenated alkanes) is 3. The van der Waals surface area contributed by atoms with E-state index in [1.807, 2.05) is 6.92 Å². The van der Waals surface area contributed by atoms with E-state index in [2.05, 4.69) is 6.92 Å². The zero-order valence-electron chi connectivity index (χ0n) is 11.2. The van der Waals surface area contributed by atoms with Crippen molar-refractivity contribution in [2.75, 3.05) is 33.0 Å². The minimum atomic E-state index is -0.116. The molecule has 17 heavy (non-hydrogen) atoms. The van der Waals surface area contributed by atoms with Gasteiger partial charge in [-0.05, 0) is 13.3 Å². The molecule has 0 spiro atoms. The molecular weight excluding hydrogens is 220 g/mol. The lowest BCUT2D eigenvalue weighted by Gasteiger charge is -2.06. The van der Waals surface area contributed by atoms with Gasteiger partial charge in [0.2, 0.25) is 0 Å². The average Bonchev–Trinajstić information content (AvgIpc) is 2.33. The second-order valence-corrected chi connectivity index (χ2v) is 3.84. The van der Waals surface area contributed by atoms with Crippen LogP contribution in [0.1, 0.15) is 46.0 Å². The largest absolute Gasteiger partial charge is 0.463 e. The van der Waals surface area contributed by atoms with Crippen LogP contribution in [-0.4, -0.2) is 39.0 Å². The molecule has 0 unspecified atom stereocenters. The van der Waals surface area contributed by atoms with E-state index in [1.54, 1.807) is 0 Å². The van der Waals surface area contributed by atoms with Gasteiger partial charge in [-0.2, -0.15) is 0 Å². The number of hydrogen-bond donors (Lipinski definition) is 0. The summed E-state index contributed by atoms with van der Waals surface area (Å²) in [5.41, 5.74) is 0. The van der Waals surface area contributed by atoms with Crippen LogP contribution in [0.5, 0.6) is 0 Å². The van der Waals surface area contributed by atoms with E-state index in [1.165, 1.54) is 12.8 Å². The SMILES string of the molecule is CCCCCCC(=O)OCCOCCOCC. The Morgan fingerprint density at radius 1 is 0.882 bits per heavy atom. The Morgan fingerprint density at radius 3 is 2.29 bits per heavy atom. The van der Waals surface area contributed by atoms with Gasteiger partial charge in [0, 0.05) is 13.0 Å². The van der Waals surface area contributed by atoms with Gasteiger partial charge in [-0.25, -0.2) is 0 Å². The van der Waals surface area contributed by atoms with Crippen LogP contribution in [0.3, 0.4) is 0 Å². The van der Waals surface area contributed by atoms with Gasteiger partial charge >= 0.3 is 5.97 Å². The maximum Gasteiger partial charge on any atom is 0.305 e. The van der Waals surface area contributed by atoms with E-state index in [-0.39, 0.29) is 5.97 Å². The zero-order valence-corrected chi connectivity index (χ0v) is 11.2. The summed E-state index contributed by atoms with van der Waals surface area (Å²) in [6, 6.07) is 0. The molecule has 0 aromatic heterocycles. The average molecular weight is 246 g/mol. The molecule has 0 saturated heterocycles. The Labute approximate surface area is 105 Å². The molecule has 0 amide bonds. The van der Waals surface area contributed by atoms with Gasteiger partial charge in [0.15, 0.2) is 0 Å². The van der Waals surface area contributed by atoms with E-state index in [0.717, 1.165) is 12.8 Å². The Balaban J connectivity index is 3.11. The minimum Gasteiger partial charge on any atom is -0.463 e. The first kappa shape index (κ1) is 16.4. The van der Waals surface area contributed by atoms with Gasteiger partial charge in [-0.3, -0.25) is 4.79 Å². The maximum absolute atomic E-state index is 11.2. The van der Waals surface area contributed by atoms with E-state index < -0.39 is 0 Å². The van der Waals surface area contributed by atoms with Crippen molar-refractivity contribution in [1.29, 1.82) is 0 Å². The first-order chi connectivity index (χ1) is 8.31. The van der Waals surface area contributed by atoms with E-state index in [4.69, 9.17) is 14.2 Å². The van der Waals surface area contributed by atoms with Crippen LogP contribution in [0, 0.1) is 0 Å². The number of esters is 1. The van der Waals surface area contributed by atoms with E-state index in [9.17, 15) is 4.79 Å². The fourth-order valence-corrected chi connectivity index (χ4v) is 1.35. The minimum absolute atomic E-state index is 0.116. The molecule has 0 bridgehead atoms. The van der Waals surface area contributed by atoms with Crippen molar-refractivity contribution in [1.82, 2.24) is 0 Å². The number of ether oxygens (including phenoxy) is 3. The lowest BCUT2D eigenvalue weighted by molar-refractivity contribution is -0.145. The zero-order chi connectivity index (χ0) is 12.8. The molecule has 4 heteroatoms. The van der Waals surface area contributed by atoms with Gasteiger partial charge in [-0.1, -0.05) is 26.2 Å². The summed E-state index contributed by atoms with van der Waals surface area (Å²) in [5.74, 6) is -0.116. The van der Waals surface area contributed by atoms with Crippen LogP contribution < -0.4 is 0 Å². The predicted octanol–water partition coefficient (Wildman–Crippen LogP) is 2.55. The normalized spacial score (nSPS) is 10.5. The highest BCUT2D eigenvalue weighted by Gasteiger charge is 2.01. The topological polar surface area (TPSA) is 44.8 Å². The molecule has 0 saturated carbocycles. The van der Waals surface area contributed by atoms with Gasteiger partial charge in [0.25, 0.3) is 0 Å². The van der Waals surface area contributed by atoms with Crippen LogP contribution >= 0.6 is 0 Å². The summed E-state index contributed by atoms with van der Waals surface area (Å²) in [5, 5.41) is 0. The number of carbonyl (C=O) groups excluding carboxylic acids is 1. The number of rotatable bonds is 12. The summed E-state index contributed by atoms with van der Waals surface area (Å²) in [6.07, 6.45) is 4.93. The third-order valence-corrected chi connectivity index (χ3v) is 2.30. The Hall–Kier alpha value is -0.610. The molecule has 102 valence electrons. The standard InChI is InChI=1S/C13H26O4/c1-3-5-6-7-8-13(14)17-12-11-16-10-9-15-4-2/h3-12H2,1-2H3. The van der Waals surface area contributed by atoms with Crippen molar-refractivity contribution >= 4 is 5.97 Å². The van der Waals surface area contributed by atoms with Crippen LogP contribution in [0.15, 0.2) is 0 Å². The molecule has 0 radical (unpaired) electrons. The maximum atomic E-state index is 11.2. The van der Waals surface area contributed by atoms with Crippen molar-refractivity contribution < 1.29 is 19.0 Å². The van der Waals surface area contributed by atoms with Crippen molar-refractivity contribution in [2.24, 2.45) is 0 Å². The van der Waals surface area contributed by atoms with Crippen LogP contribution in [0.4, 0.5) is 0 Å². The molecule has 0 heterocycles. The highest BCUT2D eigenvalue weighted by Crippen LogP contribution is 2.03. The predicted molar refractivity (Wildman–Crippen MR) is 67.0 cm³/mol. The number of carbonyl (C=O) groups is 1. The van der Waals surface area contributed by atoms with Crippen LogP contribution in [-0.2, 0) is 19.0 Å². The van der Waals surface area contributed by atoms with Crippen molar-refractivity contribution in [3.63, 3.8) is 0 Å². The second kappa shape index (κ2) is 13.5. The third-order valence-electron chi connectivity index (χ3n) is 2.30. The molecule has 0 aliphatic carbocycles. The van der Waals surface area contributed by atoms with E-state index in [0.29, 0.717) is 39.5 Å². The first-order valence-corrected chi connectivity index (χ1v) is 6.62. The first-order valence-electron chi connectivity index (χ1n) is 6.62. The highest BCUT2D eigenvalue weighted by molar-refractivity contribution is 5.69. The summed E-state index contributed by atoms with van der Waals surface area (Å²) in [6.45, 7) is 6.75. The van der Waals surface area contributed by atoms with Gasteiger partial charge < -0.3 is 14.2 Å². The van der Waals surface area contributed by atoms with Gasteiger partial charge in [0.1, 0.15) is 6.61 Å². The van der Waals surface area contributed by atoms with Gasteiger partial charge in [0.05, 0.1) is 19.8 Å². The van der Waals surface area contributed by atoms with Crippen molar-refractivity contribution in [2.45, 2.75) is 46.0 Å². The molecule has 4 nitrogen and oxygen atoms in total. The summed E-state index contributed by atoms with van der Waals surface area (Å²) in [4.78, 5) is 11.2. The molecular formula is C13H26O4. The quantitative estimate of drug-likeness (QED) is 0.392. The number of hydrogen-bond acceptors (Lipinski definition) is 4. The fourth-order valence-electron chi connectivity index (χ4n) is 1.35. The summed E-state index contributed by atoms with van der Waals surface area (Å²) in [7, 11) is 0. The molecule has 0 N–H and O–H groups in total. The molecule has 0 aliphatic rings. The van der Waals surface area contributed by atoms with Crippen molar-refractivity contribution in [3.8, 4) is 0 Å². The van der Waals surface area contributed by atoms with Crippen LogP contribution in [0.2, 0.25) is 0 Å². The Kier molecular flexibility index (Phi) is 13.0. The van der Waals surface area contributed by atoms with Crippen LogP contribution in [0.25, 0.3) is 0 Å². The lowest BCUT2D eigenvalue weighted by Crippen LogP contribution is -2.12. The summed E-state index contributed by atoms with van der Waals surface area (Å²) >= 11 is 0. The monoisotopic (exact) mass is 246 g/mol. The lowest BCUT2D eigenvalue weighted by atomic mass is 10.2. The Morgan fingerprint density at radius 2 is 1.59 bits per heavy atom. The molecule has 0 rings (SSSR count). The summed E-state index contributed by atoms with van der Waals surface area (Å²) < 4.78 is 15.4. The third kappa shape index (κ3) is 13.3.